The van der Waals surface area contributed by atoms with Crippen molar-refractivity contribution in [2.24, 2.45) is 0 Å². The van der Waals surface area contributed by atoms with Crippen molar-refractivity contribution in [2.45, 2.75) is 26.6 Å². The van der Waals surface area contributed by atoms with Gasteiger partial charge in [0.15, 0.2) is 0 Å². The Morgan fingerprint density at radius 1 is 0.881 bits per heavy atom. The molecule has 0 saturated carbocycles. The van der Waals surface area contributed by atoms with Gasteiger partial charge in [-0.15, -0.1) is 0 Å². The van der Waals surface area contributed by atoms with Crippen molar-refractivity contribution >= 4 is 11.8 Å². The van der Waals surface area contributed by atoms with Crippen LogP contribution in [0.5, 0.6) is 0 Å². The van der Waals surface area contributed by atoms with E-state index in [0.717, 1.165) is 34.6 Å². The third-order valence-corrected chi connectivity index (χ3v) is 6.35. The number of benzene rings is 3. The molecule has 2 N–H and O–H groups in total. The van der Waals surface area contributed by atoms with Gasteiger partial charge in [0.1, 0.15) is 0 Å². The number of alkyl halides is 3. The zero-order valence-corrected chi connectivity index (χ0v) is 23.4. The highest BCUT2D eigenvalue weighted by atomic mass is 19.4. The quantitative estimate of drug-likeness (QED) is 0.257. The van der Waals surface area contributed by atoms with Crippen molar-refractivity contribution in [3.05, 3.63) is 119 Å². The van der Waals surface area contributed by atoms with Crippen molar-refractivity contribution < 1.29 is 22.8 Å². The highest BCUT2D eigenvalue weighted by molar-refractivity contribution is 6.01. The molecule has 0 radical (unpaired) electrons. The topological polar surface area (TPSA) is 87.2 Å². The summed E-state index contributed by atoms with van der Waals surface area (Å²) in [7, 11) is 1.71. The summed E-state index contributed by atoms with van der Waals surface area (Å²) < 4.78 is 38.9. The third kappa shape index (κ3) is 8.03. The monoisotopic (exact) mass is 573 g/mol. The van der Waals surface area contributed by atoms with Crippen molar-refractivity contribution in [1.82, 2.24) is 25.7 Å². The summed E-state index contributed by atoms with van der Waals surface area (Å²) in [6, 6.07) is 22.9. The number of likely N-dealkylation sites (N-methyl/N-ethyl adjacent to an activating group) is 1. The molecule has 0 fully saturated rings. The minimum absolute atomic E-state index is 0.0619. The maximum Gasteiger partial charge on any atom is 0.416 e. The Bertz CT molecular complexity index is 1570. The number of halogens is 3. The summed E-state index contributed by atoms with van der Waals surface area (Å²) in [5, 5.41) is 13.9. The molecule has 0 spiro atoms. The second kappa shape index (κ2) is 13.1. The van der Waals surface area contributed by atoms with Gasteiger partial charge in [0, 0.05) is 36.6 Å². The number of aromatic nitrogens is 2. The Morgan fingerprint density at radius 3 is 2.19 bits per heavy atom. The zero-order chi connectivity index (χ0) is 30.3. The van der Waals surface area contributed by atoms with Gasteiger partial charge in [-0.2, -0.15) is 23.4 Å². The minimum Gasteiger partial charge on any atom is -0.370 e. The van der Waals surface area contributed by atoms with Gasteiger partial charge in [-0.3, -0.25) is 9.59 Å². The lowest BCUT2D eigenvalue weighted by Crippen LogP contribution is -2.33. The number of allylic oxidation sites excluding steroid dienone is 1. The van der Waals surface area contributed by atoms with E-state index in [0.29, 0.717) is 28.9 Å². The van der Waals surface area contributed by atoms with Crippen LogP contribution in [0.4, 0.5) is 13.2 Å². The van der Waals surface area contributed by atoms with Crippen LogP contribution in [0.1, 0.15) is 34.1 Å². The van der Waals surface area contributed by atoms with E-state index in [-0.39, 0.29) is 12.5 Å². The maximum absolute atomic E-state index is 13.0. The molecular weight excluding hydrogens is 543 g/mol. The first-order valence-corrected chi connectivity index (χ1v) is 13.1. The Hall–Kier alpha value is -4.99. The molecule has 1 aromatic heterocycles. The molecule has 0 aliphatic heterocycles. The average molecular weight is 574 g/mol. The van der Waals surface area contributed by atoms with E-state index in [1.807, 2.05) is 43.3 Å². The molecule has 3 aromatic carbocycles. The van der Waals surface area contributed by atoms with Crippen LogP contribution in [-0.2, 0) is 17.5 Å². The normalized spacial score (nSPS) is 11.6. The fourth-order valence-electron chi connectivity index (χ4n) is 4.26. The molecule has 7 nitrogen and oxygen atoms in total. The number of carbonyl (C=O) groups is 2. The molecule has 0 aliphatic rings. The van der Waals surface area contributed by atoms with Crippen molar-refractivity contribution in [2.75, 3.05) is 13.6 Å². The second-order valence-corrected chi connectivity index (χ2v) is 9.84. The minimum atomic E-state index is -4.44. The van der Waals surface area contributed by atoms with Crippen LogP contribution in [0.2, 0.25) is 0 Å². The number of amides is 2. The maximum atomic E-state index is 13.0. The number of rotatable bonds is 9. The number of hydrogen-bond acceptors (Lipinski definition) is 5. The van der Waals surface area contributed by atoms with E-state index in [2.05, 4.69) is 20.8 Å². The smallest absolute Gasteiger partial charge is 0.370 e. The first-order chi connectivity index (χ1) is 20.0. The molecule has 2 amide bonds. The molecule has 0 saturated heterocycles. The van der Waals surface area contributed by atoms with Crippen molar-refractivity contribution in [1.29, 1.82) is 0 Å². The standard InChI is InChI=1S/C32H30F3N5O2/c1-21-8-17-29(39-38-21)25-11-9-23(10-12-25)18-36-30(41)20-40(3)19-22(2)37-31(42)28-7-5-4-6-27(28)24-13-15-26(16-14-24)32(33,34)35/h4-17,19H,18,20H2,1-3H3,(H,36,41)(H,37,42)/b22-19+. The summed E-state index contributed by atoms with van der Waals surface area (Å²) in [5.74, 6) is -0.619. The highest BCUT2D eigenvalue weighted by Crippen LogP contribution is 2.32. The van der Waals surface area contributed by atoms with E-state index in [1.165, 1.54) is 12.1 Å². The SMILES string of the molecule is C/C(=C\N(C)CC(=O)NCc1ccc(-c2ccc(C)nn2)cc1)NC(=O)c1ccccc1-c1ccc(C(F)(F)F)cc1. The van der Waals surface area contributed by atoms with E-state index < -0.39 is 17.6 Å². The molecule has 0 unspecified atom stereocenters. The largest absolute Gasteiger partial charge is 0.416 e. The van der Waals surface area contributed by atoms with Crippen LogP contribution in [-0.4, -0.2) is 40.5 Å². The van der Waals surface area contributed by atoms with Crippen LogP contribution in [0.3, 0.4) is 0 Å². The van der Waals surface area contributed by atoms with Crippen molar-refractivity contribution in [3.8, 4) is 22.4 Å². The summed E-state index contributed by atoms with van der Waals surface area (Å²) in [6.45, 7) is 3.98. The van der Waals surface area contributed by atoms with E-state index in [4.69, 9.17) is 0 Å². The molecule has 0 atom stereocenters. The predicted molar refractivity (Wildman–Crippen MR) is 155 cm³/mol. The fourth-order valence-corrected chi connectivity index (χ4v) is 4.26. The summed E-state index contributed by atoms with van der Waals surface area (Å²) in [6.07, 6.45) is -2.81. The molecule has 4 aromatic rings. The molecule has 10 heteroatoms. The van der Waals surface area contributed by atoms with Gasteiger partial charge in [-0.25, -0.2) is 0 Å². The summed E-state index contributed by atoms with van der Waals surface area (Å²) in [5.41, 5.74) is 4.52. The number of aryl methyl sites for hydroxylation is 1. The lowest BCUT2D eigenvalue weighted by molar-refractivity contribution is -0.137. The lowest BCUT2D eigenvalue weighted by Gasteiger charge is -2.17. The van der Waals surface area contributed by atoms with Gasteiger partial charge in [0.05, 0.1) is 23.5 Å². The number of carbonyl (C=O) groups excluding carboxylic acids is 2. The van der Waals surface area contributed by atoms with Crippen molar-refractivity contribution in [3.63, 3.8) is 0 Å². The number of nitrogens with one attached hydrogen (secondary N) is 2. The molecule has 1 heterocycles. The van der Waals surface area contributed by atoms with Gasteiger partial charge in [0.25, 0.3) is 5.91 Å². The zero-order valence-electron chi connectivity index (χ0n) is 23.4. The van der Waals surface area contributed by atoms with Gasteiger partial charge < -0.3 is 15.5 Å². The molecule has 4 rings (SSSR count). The van der Waals surface area contributed by atoms with E-state index in [9.17, 15) is 22.8 Å². The Morgan fingerprint density at radius 2 is 1.55 bits per heavy atom. The highest BCUT2D eigenvalue weighted by Gasteiger charge is 2.30. The average Bonchev–Trinajstić information content (AvgIpc) is 2.96. The van der Waals surface area contributed by atoms with E-state index in [1.54, 1.807) is 49.3 Å². The van der Waals surface area contributed by atoms with Gasteiger partial charge >= 0.3 is 6.18 Å². The van der Waals surface area contributed by atoms with Crippen LogP contribution in [0, 0.1) is 6.92 Å². The Kier molecular flexibility index (Phi) is 9.36. The van der Waals surface area contributed by atoms with Crippen LogP contribution in [0.15, 0.2) is 96.8 Å². The van der Waals surface area contributed by atoms with Gasteiger partial charge in [0.2, 0.25) is 5.91 Å². The lowest BCUT2D eigenvalue weighted by atomic mass is 9.98. The molecule has 42 heavy (non-hydrogen) atoms. The number of nitrogens with zero attached hydrogens (tertiary/aromatic N) is 3. The molecular formula is C32H30F3N5O2. The van der Waals surface area contributed by atoms with Crippen LogP contribution >= 0.6 is 0 Å². The summed E-state index contributed by atoms with van der Waals surface area (Å²) >= 11 is 0. The Labute approximate surface area is 242 Å². The van der Waals surface area contributed by atoms with Gasteiger partial charge in [-0.1, -0.05) is 54.6 Å². The third-order valence-electron chi connectivity index (χ3n) is 6.35. The first kappa shape index (κ1) is 30.0. The first-order valence-electron chi connectivity index (χ1n) is 13.1. The van der Waals surface area contributed by atoms with Crippen LogP contribution in [0.25, 0.3) is 22.4 Å². The number of hydrogen-bond donors (Lipinski definition) is 2. The molecule has 0 aliphatic carbocycles. The molecule has 0 bridgehead atoms. The molecule has 216 valence electrons. The fraction of sp³-hybridized carbons (Fsp3) is 0.188. The van der Waals surface area contributed by atoms with Gasteiger partial charge in [-0.05, 0) is 60.9 Å². The second-order valence-electron chi connectivity index (χ2n) is 9.84. The summed E-state index contributed by atoms with van der Waals surface area (Å²) in [4.78, 5) is 27.2. The predicted octanol–water partition coefficient (Wildman–Crippen LogP) is 5.98. The van der Waals surface area contributed by atoms with E-state index >= 15 is 0 Å². The van der Waals surface area contributed by atoms with Crippen LogP contribution < -0.4 is 10.6 Å². The Balaban J connectivity index is 1.31.